The van der Waals surface area contributed by atoms with Gasteiger partial charge in [0, 0.05) is 31.9 Å². The second-order valence-corrected chi connectivity index (χ2v) is 9.93. The first-order valence-corrected chi connectivity index (χ1v) is 11.7. The number of carbonyl (C=O) groups is 3. The average molecular weight is 470 g/mol. The third kappa shape index (κ3) is 6.59. The van der Waals surface area contributed by atoms with Crippen molar-refractivity contribution in [1.82, 2.24) is 20.2 Å². The van der Waals surface area contributed by atoms with Crippen LogP contribution in [0.15, 0.2) is 36.7 Å². The van der Waals surface area contributed by atoms with Crippen LogP contribution < -0.4 is 10.2 Å². The zero-order chi connectivity index (χ0) is 24.9. The van der Waals surface area contributed by atoms with E-state index in [-0.39, 0.29) is 23.2 Å². The van der Waals surface area contributed by atoms with Crippen molar-refractivity contribution in [1.29, 1.82) is 0 Å². The molecule has 2 amide bonds. The van der Waals surface area contributed by atoms with Crippen molar-refractivity contribution in [2.24, 2.45) is 5.92 Å². The summed E-state index contributed by atoms with van der Waals surface area (Å²) in [6.45, 7) is 11.7. The van der Waals surface area contributed by atoms with Crippen molar-refractivity contribution >= 4 is 23.5 Å². The van der Waals surface area contributed by atoms with E-state index in [0.29, 0.717) is 32.6 Å². The van der Waals surface area contributed by atoms with Gasteiger partial charge in [-0.3, -0.25) is 9.59 Å². The second kappa shape index (κ2) is 10.7. The Morgan fingerprint density at radius 2 is 1.74 bits per heavy atom. The second-order valence-electron chi connectivity index (χ2n) is 9.93. The minimum atomic E-state index is -0.833. The molecular formula is C25H35N5O4. The highest BCUT2D eigenvalue weighted by atomic mass is 16.6. The summed E-state index contributed by atoms with van der Waals surface area (Å²) in [6, 6.07) is 9.22. The summed E-state index contributed by atoms with van der Waals surface area (Å²) in [5.74, 6) is -1.22. The fourth-order valence-electron chi connectivity index (χ4n) is 3.88. The van der Waals surface area contributed by atoms with Crippen molar-refractivity contribution in [2.75, 3.05) is 31.1 Å². The van der Waals surface area contributed by atoms with Gasteiger partial charge in [-0.2, -0.15) is 0 Å². The van der Waals surface area contributed by atoms with Crippen LogP contribution in [0.4, 0.5) is 5.69 Å². The molecule has 2 N–H and O–H groups in total. The number of ether oxygens (including phenoxy) is 1. The summed E-state index contributed by atoms with van der Waals surface area (Å²) in [5.41, 5.74) is 0.548. The van der Waals surface area contributed by atoms with Crippen LogP contribution in [-0.4, -0.2) is 70.5 Å². The van der Waals surface area contributed by atoms with Crippen molar-refractivity contribution in [3.63, 3.8) is 0 Å². The highest BCUT2D eigenvalue weighted by Gasteiger charge is 2.31. The summed E-state index contributed by atoms with van der Waals surface area (Å²) in [7, 11) is 0. The lowest BCUT2D eigenvalue weighted by molar-refractivity contribution is -0.157. The highest BCUT2D eigenvalue weighted by Crippen LogP contribution is 2.18. The van der Waals surface area contributed by atoms with E-state index < -0.39 is 23.5 Å². The van der Waals surface area contributed by atoms with Crippen molar-refractivity contribution < 1.29 is 19.1 Å². The molecule has 2 aromatic rings. The number of aromatic amines is 1. The summed E-state index contributed by atoms with van der Waals surface area (Å²) in [4.78, 5) is 49.7. The van der Waals surface area contributed by atoms with Gasteiger partial charge in [-0.05, 0) is 45.2 Å². The van der Waals surface area contributed by atoms with E-state index in [9.17, 15) is 14.4 Å². The summed E-state index contributed by atoms with van der Waals surface area (Å²) in [5, 5.41) is 2.72. The Kier molecular flexibility index (Phi) is 7.96. The number of nitrogens with one attached hydrogen (secondary N) is 2. The van der Waals surface area contributed by atoms with E-state index >= 15 is 0 Å². The van der Waals surface area contributed by atoms with E-state index in [1.807, 2.05) is 44.2 Å². The summed E-state index contributed by atoms with van der Waals surface area (Å²) >= 11 is 0. The molecule has 0 radical (unpaired) electrons. The molecule has 34 heavy (non-hydrogen) atoms. The summed E-state index contributed by atoms with van der Waals surface area (Å²) < 4.78 is 5.48. The Morgan fingerprint density at radius 3 is 2.32 bits per heavy atom. The maximum absolute atomic E-state index is 13.2. The minimum absolute atomic E-state index is 0.0206. The molecule has 1 aliphatic rings. The normalized spacial score (nSPS) is 15.2. The number of piperazine rings is 1. The van der Waals surface area contributed by atoms with Crippen LogP contribution in [0.1, 0.15) is 62.0 Å². The van der Waals surface area contributed by atoms with Gasteiger partial charge in [-0.1, -0.05) is 32.0 Å². The topological polar surface area (TPSA) is 108 Å². The van der Waals surface area contributed by atoms with Crippen LogP contribution in [0.2, 0.25) is 0 Å². The Balaban J connectivity index is 1.67. The molecule has 0 unspecified atom stereocenters. The van der Waals surface area contributed by atoms with Gasteiger partial charge in [0.25, 0.3) is 11.8 Å². The fraction of sp³-hybridized carbons (Fsp3) is 0.520. The third-order valence-corrected chi connectivity index (χ3v) is 5.46. The molecule has 0 spiro atoms. The van der Waals surface area contributed by atoms with Gasteiger partial charge in [0.15, 0.2) is 5.69 Å². The average Bonchev–Trinajstić information content (AvgIpc) is 3.27. The minimum Gasteiger partial charge on any atom is -0.458 e. The van der Waals surface area contributed by atoms with Gasteiger partial charge in [-0.25, -0.2) is 9.78 Å². The third-order valence-electron chi connectivity index (χ3n) is 5.46. The van der Waals surface area contributed by atoms with Gasteiger partial charge >= 0.3 is 5.97 Å². The number of hydrogen-bond acceptors (Lipinski definition) is 6. The summed E-state index contributed by atoms with van der Waals surface area (Å²) in [6.07, 6.45) is 1.74. The molecule has 1 saturated heterocycles. The maximum Gasteiger partial charge on any atom is 0.329 e. The van der Waals surface area contributed by atoms with Gasteiger partial charge < -0.3 is 24.8 Å². The number of esters is 1. The van der Waals surface area contributed by atoms with Gasteiger partial charge in [0.1, 0.15) is 17.3 Å². The van der Waals surface area contributed by atoms with Crippen LogP contribution in [-0.2, 0) is 9.53 Å². The van der Waals surface area contributed by atoms with Gasteiger partial charge in [0.05, 0.1) is 6.33 Å². The molecule has 0 aliphatic carbocycles. The molecule has 0 bridgehead atoms. The monoisotopic (exact) mass is 469 g/mol. The molecule has 2 heterocycles. The van der Waals surface area contributed by atoms with Crippen LogP contribution in [0.3, 0.4) is 0 Å². The molecule has 1 fully saturated rings. The van der Waals surface area contributed by atoms with E-state index in [4.69, 9.17) is 4.74 Å². The molecule has 1 aliphatic heterocycles. The van der Waals surface area contributed by atoms with Crippen molar-refractivity contribution in [3.05, 3.63) is 48.0 Å². The molecule has 9 nitrogen and oxygen atoms in total. The number of anilines is 1. The Hall–Kier alpha value is -3.36. The number of nitrogens with zero attached hydrogens (tertiary/aromatic N) is 3. The zero-order valence-corrected chi connectivity index (χ0v) is 20.6. The molecule has 0 saturated carbocycles. The van der Waals surface area contributed by atoms with E-state index in [1.165, 1.54) is 6.33 Å². The number of carbonyl (C=O) groups excluding carboxylic acids is 3. The van der Waals surface area contributed by atoms with Crippen molar-refractivity contribution in [2.45, 2.75) is 52.7 Å². The van der Waals surface area contributed by atoms with E-state index in [0.717, 1.165) is 5.69 Å². The van der Waals surface area contributed by atoms with Crippen LogP contribution >= 0.6 is 0 Å². The first kappa shape index (κ1) is 25.3. The lowest BCUT2D eigenvalue weighted by atomic mass is 10.0. The predicted octanol–water partition coefficient (Wildman–Crippen LogP) is 2.86. The number of hydrogen-bond donors (Lipinski definition) is 2. The van der Waals surface area contributed by atoms with Crippen LogP contribution in [0.25, 0.3) is 0 Å². The largest absolute Gasteiger partial charge is 0.458 e. The lowest BCUT2D eigenvalue weighted by Crippen LogP contribution is -2.49. The van der Waals surface area contributed by atoms with Crippen molar-refractivity contribution in [3.8, 4) is 0 Å². The molecule has 1 atom stereocenters. The quantitative estimate of drug-likeness (QED) is 0.604. The molecular weight excluding hydrogens is 434 g/mol. The fourth-order valence-corrected chi connectivity index (χ4v) is 3.88. The number of imidazole rings is 1. The number of benzene rings is 1. The maximum atomic E-state index is 13.2. The van der Waals surface area contributed by atoms with Crippen LogP contribution in [0.5, 0.6) is 0 Å². The zero-order valence-electron chi connectivity index (χ0n) is 20.6. The Bertz CT molecular complexity index is 988. The van der Waals surface area contributed by atoms with E-state index in [1.54, 1.807) is 25.7 Å². The smallest absolute Gasteiger partial charge is 0.329 e. The number of amides is 2. The molecule has 1 aromatic heterocycles. The van der Waals surface area contributed by atoms with E-state index in [2.05, 4.69) is 20.2 Å². The van der Waals surface area contributed by atoms with Gasteiger partial charge in [-0.15, -0.1) is 0 Å². The predicted molar refractivity (Wildman–Crippen MR) is 130 cm³/mol. The number of para-hydroxylation sites is 1. The van der Waals surface area contributed by atoms with Gasteiger partial charge in [0.2, 0.25) is 0 Å². The first-order valence-electron chi connectivity index (χ1n) is 11.7. The van der Waals surface area contributed by atoms with Crippen LogP contribution in [0, 0.1) is 5.92 Å². The number of rotatable bonds is 7. The first-order chi connectivity index (χ1) is 16.0. The molecule has 184 valence electrons. The Labute approximate surface area is 200 Å². The number of aromatic nitrogens is 2. The molecule has 3 rings (SSSR count). The SMILES string of the molecule is CC(C)C[C@H](NC(=O)c1nc[nH]c1C(=O)N1CCN(c2ccccc2)CC1)C(=O)OC(C)(C)C. The standard InChI is InChI=1S/C25H35N5O4/c1-17(2)15-19(24(33)34-25(3,4)5)28-22(31)20-21(27-16-26-20)23(32)30-13-11-29(12-14-30)18-9-7-6-8-10-18/h6-10,16-17,19H,11-15H2,1-5H3,(H,26,27)(H,28,31)/t19-/m0/s1. The highest BCUT2D eigenvalue weighted by molar-refractivity contribution is 6.05. The molecule has 9 heteroatoms. The Morgan fingerprint density at radius 1 is 1.09 bits per heavy atom. The number of H-pyrrole nitrogens is 1. The molecule has 1 aromatic carbocycles. The lowest BCUT2D eigenvalue weighted by Gasteiger charge is -2.36.